The Hall–Kier alpha value is -1.26. The molecular formula is C22H33N3O. The van der Waals surface area contributed by atoms with Gasteiger partial charge < -0.3 is 10.0 Å². The molecule has 0 spiro atoms. The van der Waals surface area contributed by atoms with Gasteiger partial charge in [0.05, 0.1) is 17.5 Å². The molecule has 4 nitrogen and oxygen atoms in total. The Balaban J connectivity index is 1.53. The summed E-state index contributed by atoms with van der Waals surface area (Å²) in [4.78, 5) is 11.8. The molecule has 1 fully saturated rings. The Morgan fingerprint density at radius 2 is 1.92 bits per heavy atom. The van der Waals surface area contributed by atoms with Gasteiger partial charge in [-0.2, -0.15) is 0 Å². The van der Waals surface area contributed by atoms with E-state index >= 15 is 0 Å². The average Bonchev–Trinajstić information content (AvgIpc) is 3.15. The average molecular weight is 356 g/mol. The van der Waals surface area contributed by atoms with Crippen LogP contribution in [0.4, 0.5) is 0 Å². The lowest BCUT2D eigenvalue weighted by Gasteiger charge is -2.32. The summed E-state index contributed by atoms with van der Waals surface area (Å²) >= 11 is 0. The normalized spacial score (nSPS) is 29.2. The van der Waals surface area contributed by atoms with Crippen LogP contribution in [-0.2, 0) is 12.8 Å². The van der Waals surface area contributed by atoms with Crippen LogP contribution in [0.2, 0.25) is 0 Å². The molecule has 2 atom stereocenters. The summed E-state index contributed by atoms with van der Waals surface area (Å²) in [6, 6.07) is 0.752. The van der Waals surface area contributed by atoms with Crippen molar-refractivity contribution in [3.05, 3.63) is 28.9 Å². The SMILES string of the molecule is C[C@@H](O)C[C@H]1CCC2=C1c1c(ncnc1C[C@H]1CC[C@H](N(C)C)CC1)C2. The second-order valence-corrected chi connectivity index (χ2v) is 9.00. The maximum absolute atomic E-state index is 9.92. The van der Waals surface area contributed by atoms with Crippen LogP contribution in [0.1, 0.15) is 68.8 Å². The molecule has 1 aromatic rings. The monoisotopic (exact) mass is 355 g/mol. The Labute approximate surface area is 157 Å². The van der Waals surface area contributed by atoms with E-state index in [-0.39, 0.29) is 6.10 Å². The van der Waals surface area contributed by atoms with Crippen LogP contribution in [0.15, 0.2) is 11.9 Å². The predicted molar refractivity (Wildman–Crippen MR) is 105 cm³/mol. The highest BCUT2D eigenvalue weighted by Gasteiger charge is 2.36. The van der Waals surface area contributed by atoms with Gasteiger partial charge in [-0.05, 0) is 89.8 Å². The summed E-state index contributed by atoms with van der Waals surface area (Å²) in [5.41, 5.74) is 6.99. The Kier molecular flexibility index (Phi) is 5.15. The van der Waals surface area contributed by atoms with E-state index in [0.29, 0.717) is 5.92 Å². The van der Waals surface area contributed by atoms with Crippen molar-refractivity contribution in [2.75, 3.05) is 14.1 Å². The van der Waals surface area contributed by atoms with Crippen molar-refractivity contribution >= 4 is 5.57 Å². The molecular weight excluding hydrogens is 322 g/mol. The van der Waals surface area contributed by atoms with Crippen LogP contribution in [0.5, 0.6) is 0 Å². The zero-order valence-electron chi connectivity index (χ0n) is 16.5. The van der Waals surface area contributed by atoms with Gasteiger partial charge in [0.2, 0.25) is 0 Å². The van der Waals surface area contributed by atoms with Gasteiger partial charge in [0.1, 0.15) is 6.33 Å². The van der Waals surface area contributed by atoms with E-state index in [9.17, 15) is 5.11 Å². The third kappa shape index (κ3) is 3.46. The van der Waals surface area contributed by atoms with E-state index < -0.39 is 0 Å². The molecule has 1 aromatic heterocycles. The first-order valence-electron chi connectivity index (χ1n) is 10.4. The van der Waals surface area contributed by atoms with Crippen LogP contribution in [0.25, 0.3) is 5.57 Å². The fraction of sp³-hybridized carbons (Fsp3) is 0.727. The minimum atomic E-state index is -0.231. The highest BCUT2D eigenvalue weighted by Crippen LogP contribution is 2.49. The van der Waals surface area contributed by atoms with Crippen LogP contribution >= 0.6 is 0 Å². The third-order valence-electron chi connectivity index (χ3n) is 6.89. The van der Waals surface area contributed by atoms with E-state index in [1.54, 1.807) is 11.9 Å². The first-order valence-corrected chi connectivity index (χ1v) is 10.4. The van der Waals surface area contributed by atoms with Crippen LogP contribution in [0, 0.1) is 11.8 Å². The summed E-state index contributed by atoms with van der Waals surface area (Å²) in [5, 5.41) is 9.92. The molecule has 0 amide bonds. The Morgan fingerprint density at radius 3 is 2.62 bits per heavy atom. The summed E-state index contributed by atoms with van der Waals surface area (Å²) in [6.45, 7) is 1.92. The zero-order chi connectivity index (χ0) is 18.3. The topological polar surface area (TPSA) is 49.3 Å². The highest BCUT2D eigenvalue weighted by atomic mass is 16.3. The lowest BCUT2D eigenvalue weighted by atomic mass is 9.81. The van der Waals surface area contributed by atoms with Gasteiger partial charge in [0, 0.05) is 18.0 Å². The number of hydrogen-bond donors (Lipinski definition) is 1. The quantitative estimate of drug-likeness (QED) is 0.876. The number of hydrogen-bond acceptors (Lipinski definition) is 4. The first kappa shape index (κ1) is 18.1. The van der Waals surface area contributed by atoms with Gasteiger partial charge >= 0.3 is 0 Å². The van der Waals surface area contributed by atoms with E-state index in [1.165, 1.54) is 61.0 Å². The molecule has 0 unspecified atom stereocenters. The maximum atomic E-state index is 9.92. The van der Waals surface area contributed by atoms with Crippen molar-refractivity contribution in [3.63, 3.8) is 0 Å². The van der Waals surface area contributed by atoms with Crippen molar-refractivity contribution in [1.29, 1.82) is 0 Å². The van der Waals surface area contributed by atoms with Crippen LogP contribution < -0.4 is 0 Å². The Bertz CT molecular complexity index is 687. The maximum Gasteiger partial charge on any atom is 0.115 e. The smallest absolute Gasteiger partial charge is 0.115 e. The van der Waals surface area contributed by atoms with Gasteiger partial charge in [0.25, 0.3) is 0 Å². The van der Waals surface area contributed by atoms with Gasteiger partial charge in [-0.3, -0.25) is 0 Å². The molecule has 0 radical (unpaired) electrons. The number of aromatic nitrogens is 2. The van der Waals surface area contributed by atoms with Gasteiger partial charge in [-0.15, -0.1) is 0 Å². The molecule has 26 heavy (non-hydrogen) atoms. The molecule has 1 saturated carbocycles. The minimum absolute atomic E-state index is 0.231. The second-order valence-electron chi connectivity index (χ2n) is 9.00. The molecule has 1 heterocycles. The molecule has 1 N–H and O–H groups in total. The van der Waals surface area contributed by atoms with Crippen molar-refractivity contribution in [2.24, 2.45) is 11.8 Å². The summed E-state index contributed by atoms with van der Waals surface area (Å²) in [5.74, 6) is 1.26. The number of aliphatic hydroxyl groups excluding tert-OH is 1. The standard InChI is InChI=1S/C22H33N3O/c1-14(26)10-16-6-7-17-12-20-22(21(16)17)19(23-13-24-20)11-15-4-8-18(9-5-15)25(2)3/h13-16,18,26H,4-12H2,1-3H3/t14-,15-,16-,18-/m1/s1. The van der Waals surface area contributed by atoms with Crippen molar-refractivity contribution < 1.29 is 5.11 Å². The summed E-state index contributed by atoms with van der Waals surface area (Å²) in [7, 11) is 4.41. The molecule has 4 heteroatoms. The first-order chi connectivity index (χ1) is 12.5. The van der Waals surface area contributed by atoms with Crippen molar-refractivity contribution in [3.8, 4) is 0 Å². The van der Waals surface area contributed by atoms with Crippen LogP contribution in [0.3, 0.4) is 0 Å². The van der Waals surface area contributed by atoms with E-state index in [0.717, 1.165) is 31.2 Å². The third-order valence-corrected chi connectivity index (χ3v) is 6.89. The van der Waals surface area contributed by atoms with Crippen molar-refractivity contribution in [1.82, 2.24) is 14.9 Å². The molecule has 0 aromatic carbocycles. The number of rotatable bonds is 5. The predicted octanol–water partition coefficient (Wildman–Crippen LogP) is 3.63. The summed E-state index contributed by atoms with van der Waals surface area (Å²) in [6.07, 6.45) is 12.2. The molecule has 3 aliphatic carbocycles. The van der Waals surface area contributed by atoms with Crippen molar-refractivity contribution in [2.45, 2.75) is 76.9 Å². The lowest BCUT2D eigenvalue weighted by Crippen LogP contribution is -2.32. The fourth-order valence-corrected chi connectivity index (χ4v) is 5.53. The number of fused-ring (bicyclic) bond motifs is 2. The largest absolute Gasteiger partial charge is 0.393 e. The number of nitrogens with zero attached hydrogens (tertiary/aromatic N) is 3. The van der Waals surface area contributed by atoms with Gasteiger partial charge in [-0.25, -0.2) is 9.97 Å². The minimum Gasteiger partial charge on any atom is -0.393 e. The van der Waals surface area contributed by atoms with E-state index in [4.69, 9.17) is 4.98 Å². The molecule has 0 bridgehead atoms. The molecule has 0 aliphatic heterocycles. The van der Waals surface area contributed by atoms with E-state index in [1.807, 2.05) is 6.92 Å². The van der Waals surface area contributed by atoms with Gasteiger partial charge in [0.15, 0.2) is 0 Å². The molecule has 3 aliphatic rings. The highest BCUT2D eigenvalue weighted by molar-refractivity contribution is 5.79. The molecule has 0 saturated heterocycles. The number of allylic oxidation sites excluding steroid dienone is 2. The Morgan fingerprint density at radius 1 is 1.15 bits per heavy atom. The van der Waals surface area contributed by atoms with E-state index in [2.05, 4.69) is 24.0 Å². The second kappa shape index (κ2) is 7.40. The zero-order valence-corrected chi connectivity index (χ0v) is 16.5. The lowest BCUT2D eigenvalue weighted by molar-refractivity contribution is 0.170. The fourth-order valence-electron chi connectivity index (χ4n) is 5.53. The molecule has 4 rings (SSSR count). The molecule has 142 valence electrons. The van der Waals surface area contributed by atoms with Gasteiger partial charge in [-0.1, -0.05) is 5.57 Å². The summed E-state index contributed by atoms with van der Waals surface area (Å²) < 4.78 is 0. The van der Waals surface area contributed by atoms with Crippen LogP contribution in [-0.4, -0.2) is 46.2 Å². The number of aliphatic hydroxyl groups is 1.